The highest BCUT2D eigenvalue weighted by molar-refractivity contribution is 5.96. The highest BCUT2D eigenvalue weighted by atomic mass is 19.1. The summed E-state index contributed by atoms with van der Waals surface area (Å²) in [5.41, 5.74) is 5.10. The first-order valence-corrected chi connectivity index (χ1v) is 6.00. The number of aliphatic carboxylic acids is 1. The summed E-state index contributed by atoms with van der Waals surface area (Å²) in [6.07, 6.45) is -0.297. The minimum Gasteiger partial charge on any atom is -0.480 e. The Morgan fingerprint density at radius 3 is 2.62 bits per heavy atom. The van der Waals surface area contributed by atoms with Gasteiger partial charge in [0.15, 0.2) is 0 Å². The van der Waals surface area contributed by atoms with Crippen LogP contribution in [0.15, 0.2) is 18.2 Å². The van der Waals surface area contributed by atoms with Crippen LogP contribution in [0.1, 0.15) is 23.2 Å². The van der Waals surface area contributed by atoms with Crippen molar-refractivity contribution >= 4 is 23.5 Å². The van der Waals surface area contributed by atoms with Gasteiger partial charge in [0.2, 0.25) is 0 Å². The number of benzene rings is 1. The number of ether oxygens (including phenoxy) is 1. The monoisotopic (exact) mass is 298 g/mol. The summed E-state index contributed by atoms with van der Waals surface area (Å²) in [5, 5.41) is 11.2. The number of rotatable bonds is 6. The number of nitrogen functional groups attached to an aromatic ring is 1. The average Bonchev–Trinajstić information content (AvgIpc) is 2.45. The van der Waals surface area contributed by atoms with Crippen LogP contribution < -0.4 is 11.1 Å². The maximum absolute atomic E-state index is 13.3. The second-order valence-corrected chi connectivity index (χ2v) is 4.22. The van der Waals surface area contributed by atoms with E-state index in [2.05, 4.69) is 10.1 Å². The van der Waals surface area contributed by atoms with E-state index in [9.17, 15) is 18.8 Å². The first-order chi connectivity index (χ1) is 9.85. The van der Waals surface area contributed by atoms with Gasteiger partial charge in [0.25, 0.3) is 5.91 Å². The summed E-state index contributed by atoms with van der Waals surface area (Å²) in [5.74, 6) is -3.44. The van der Waals surface area contributed by atoms with Gasteiger partial charge in [-0.1, -0.05) is 0 Å². The molecule has 0 aliphatic rings. The third-order valence-corrected chi connectivity index (χ3v) is 2.73. The molecule has 4 N–H and O–H groups in total. The Morgan fingerprint density at radius 1 is 1.43 bits per heavy atom. The van der Waals surface area contributed by atoms with Crippen molar-refractivity contribution < 1.29 is 28.6 Å². The summed E-state index contributed by atoms with van der Waals surface area (Å²) in [4.78, 5) is 33.9. The number of anilines is 1. The Balaban J connectivity index is 2.74. The van der Waals surface area contributed by atoms with Crippen LogP contribution in [0.3, 0.4) is 0 Å². The van der Waals surface area contributed by atoms with Gasteiger partial charge in [-0.3, -0.25) is 9.59 Å². The van der Waals surface area contributed by atoms with Gasteiger partial charge < -0.3 is 20.9 Å². The summed E-state index contributed by atoms with van der Waals surface area (Å²) in [7, 11) is 1.17. The minimum atomic E-state index is -1.30. The molecule has 0 bridgehead atoms. The topological polar surface area (TPSA) is 119 Å². The molecule has 0 saturated heterocycles. The van der Waals surface area contributed by atoms with Gasteiger partial charge in [0, 0.05) is 12.0 Å². The van der Waals surface area contributed by atoms with Crippen molar-refractivity contribution in [3.63, 3.8) is 0 Å². The molecule has 7 nitrogen and oxygen atoms in total. The van der Waals surface area contributed by atoms with E-state index in [-0.39, 0.29) is 24.1 Å². The number of hydrogen-bond acceptors (Lipinski definition) is 5. The van der Waals surface area contributed by atoms with E-state index in [4.69, 9.17) is 10.8 Å². The molecule has 0 aliphatic heterocycles. The zero-order valence-electron chi connectivity index (χ0n) is 11.3. The minimum absolute atomic E-state index is 0.0639. The van der Waals surface area contributed by atoms with Crippen LogP contribution in [-0.4, -0.2) is 36.1 Å². The molecule has 0 aliphatic carbocycles. The van der Waals surface area contributed by atoms with Crippen molar-refractivity contribution in [3.05, 3.63) is 29.6 Å². The predicted molar refractivity (Wildman–Crippen MR) is 71.0 cm³/mol. The van der Waals surface area contributed by atoms with Crippen molar-refractivity contribution in [2.75, 3.05) is 12.8 Å². The molecule has 1 aromatic rings. The van der Waals surface area contributed by atoms with E-state index in [0.29, 0.717) is 0 Å². The average molecular weight is 298 g/mol. The molecular formula is C13H15FN2O5. The second-order valence-electron chi connectivity index (χ2n) is 4.22. The lowest BCUT2D eigenvalue weighted by atomic mass is 10.1. The molecule has 0 heterocycles. The second kappa shape index (κ2) is 7.22. The number of carboxylic acids is 1. The van der Waals surface area contributed by atoms with Crippen molar-refractivity contribution in [2.24, 2.45) is 0 Å². The number of nitrogens with two attached hydrogens (primary N) is 1. The highest BCUT2D eigenvalue weighted by Crippen LogP contribution is 2.12. The Hall–Kier alpha value is -2.64. The van der Waals surface area contributed by atoms with Crippen LogP contribution in [0.5, 0.6) is 0 Å². The molecule has 0 radical (unpaired) electrons. The molecule has 1 rings (SSSR count). The number of hydrogen-bond donors (Lipinski definition) is 3. The molecule has 0 spiro atoms. The number of nitrogens with one attached hydrogen (secondary N) is 1. The summed E-state index contributed by atoms with van der Waals surface area (Å²) >= 11 is 0. The Labute approximate surface area is 119 Å². The van der Waals surface area contributed by atoms with E-state index in [1.807, 2.05) is 0 Å². The molecule has 0 aromatic heterocycles. The fraction of sp³-hybridized carbons (Fsp3) is 0.308. The highest BCUT2D eigenvalue weighted by Gasteiger charge is 2.22. The Kier molecular flexibility index (Phi) is 5.65. The zero-order valence-corrected chi connectivity index (χ0v) is 11.3. The zero-order chi connectivity index (χ0) is 16.0. The van der Waals surface area contributed by atoms with E-state index in [0.717, 1.165) is 6.07 Å². The van der Waals surface area contributed by atoms with Gasteiger partial charge in [-0.2, -0.15) is 0 Å². The van der Waals surface area contributed by atoms with E-state index < -0.39 is 29.7 Å². The third-order valence-electron chi connectivity index (χ3n) is 2.73. The lowest BCUT2D eigenvalue weighted by molar-refractivity contribution is -0.142. The number of methoxy groups -OCH3 is 1. The molecule has 1 atom stereocenters. The third kappa shape index (κ3) is 4.75. The van der Waals surface area contributed by atoms with Crippen LogP contribution in [0.4, 0.5) is 10.1 Å². The first kappa shape index (κ1) is 16.4. The SMILES string of the molecule is COC(=O)CC[C@@H](NC(=O)c1ccc(N)c(F)c1)C(=O)O. The lowest BCUT2D eigenvalue weighted by Gasteiger charge is -2.14. The molecular weight excluding hydrogens is 283 g/mol. The number of carboxylic acid groups (broad SMARTS) is 1. The van der Waals surface area contributed by atoms with E-state index >= 15 is 0 Å². The number of halogens is 1. The van der Waals surface area contributed by atoms with Gasteiger partial charge in [0.1, 0.15) is 11.9 Å². The molecule has 114 valence electrons. The molecule has 21 heavy (non-hydrogen) atoms. The van der Waals surface area contributed by atoms with E-state index in [1.165, 1.54) is 19.2 Å². The van der Waals surface area contributed by atoms with Crippen LogP contribution in [0.25, 0.3) is 0 Å². The van der Waals surface area contributed by atoms with Crippen LogP contribution in [0, 0.1) is 5.82 Å². The maximum Gasteiger partial charge on any atom is 0.326 e. The molecule has 8 heteroatoms. The maximum atomic E-state index is 13.3. The molecule has 1 amide bonds. The molecule has 0 fully saturated rings. The number of esters is 1. The standard InChI is InChI=1S/C13H15FN2O5/c1-21-11(17)5-4-10(13(19)20)16-12(18)7-2-3-9(15)8(14)6-7/h2-3,6,10H,4-5,15H2,1H3,(H,16,18)(H,19,20)/t10-/m1/s1. The van der Waals surface area contributed by atoms with Crippen LogP contribution >= 0.6 is 0 Å². The van der Waals surface area contributed by atoms with Crippen molar-refractivity contribution in [3.8, 4) is 0 Å². The predicted octanol–water partition coefficient (Wildman–Crippen LogP) is 0.544. The smallest absolute Gasteiger partial charge is 0.326 e. The lowest BCUT2D eigenvalue weighted by Crippen LogP contribution is -2.41. The van der Waals surface area contributed by atoms with Gasteiger partial charge in [-0.25, -0.2) is 9.18 Å². The number of amides is 1. The van der Waals surface area contributed by atoms with Gasteiger partial charge in [-0.05, 0) is 24.6 Å². The molecule has 0 unspecified atom stereocenters. The molecule has 0 saturated carbocycles. The molecule has 1 aromatic carbocycles. The Morgan fingerprint density at radius 2 is 2.10 bits per heavy atom. The van der Waals surface area contributed by atoms with Gasteiger partial charge in [0.05, 0.1) is 12.8 Å². The first-order valence-electron chi connectivity index (χ1n) is 6.00. The normalized spacial score (nSPS) is 11.5. The number of carbonyl (C=O) groups is 3. The summed E-state index contributed by atoms with van der Waals surface area (Å²) in [6, 6.07) is 2.10. The van der Waals surface area contributed by atoms with Crippen molar-refractivity contribution in [1.82, 2.24) is 5.32 Å². The fourth-order valence-electron chi connectivity index (χ4n) is 1.53. The van der Waals surface area contributed by atoms with E-state index in [1.54, 1.807) is 0 Å². The summed E-state index contributed by atoms with van der Waals surface area (Å²) in [6.45, 7) is 0. The van der Waals surface area contributed by atoms with Crippen molar-refractivity contribution in [2.45, 2.75) is 18.9 Å². The van der Waals surface area contributed by atoms with Crippen molar-refractivity contribution in [1.29, 1.82) is 0 Å². The fourth-order valence-corrected chi connectivity index (χ4v) is 1.53. The quantitative estimate of drug-likeness (QED) is 0.521. The largest absolute Gasteiger partial charge is 0.480 e. The number of carbonyl (C=O) groups excluding carboxylic acids is 2. The van der Waals surface area contributed by atoms with Gasteiger partial charge in [-0.15, -0.1) is 0 Å². The summed E-state index contributed by atoms with van der Waals surface area (Å²) < 4.78 is 17.6. The van der Waals surface area contributed by atoms with Gasteiger partial charge >= 0.3 is 11.9 Å². The Bertz CT molecular complexity index is 561. The van der Waals surface area contributed by atoms with Crippen LogP contribution in [0.2, 0.25) is 0 Å². The van der Waals surface area contributed by atoms with Crippen LogP contribution in [-0.2, 0) is 14.3 Å².